The normalized spacial score (nSPS) is 16.4. The van der Waals surface area contributed by atoms with Crippen LogP contribution in [0.2, 0.25) is 0 Å². The van der Waals surface area contributed by atoms with Crippen LogP contribution in [0.5, 0.6) is 17.2 Å². The third-order valence-electron chi connectivity index (χ3n) is 5.54. The molecule has 7 nitrogen and oxygen atoms in total. The standard InChI is InChI=1S/C24H30N2O5/c1-29-19-10-6-8-17(14-19)16-26-20(11-4-5-13-22(26)27)24(28)25-15-18-9-7-12-21(30-2)23(18)31-3/h6-10,12,14,20H,4-5,11,13,15-16H2,1-3H3,(H,25,28). The Labute approximate surface area is 183 Å². The van der Waals surface area contributed by atoms with Crippen LogP contribution in [0.3, 0.4) is 0 Å². The lowest BCUT2D eigenvalue weighted by atomic mass is 10.1. The van der Waals surface area contributed by atoms with Gasteiger partial charge in [-0.3, -0.25) is 9.59 Å². The van der Waals surface area contributed by atoms with Crippen LogP contribution in [0, 0.1) is 0 Å². The molecule has 2 amide bonds. The minimum atomic E-state index is -0.516. The first-order chi connectivity index (χ1) is 15.1. The number of nitrogens with zero attached hydrogens (tertiary/aromatic N) is 1. The molecule has 1 saturated heterocycles. The van der Waals surface area contributed by atoms with Crippen molar-refractivity contribution >= 4 is 11.8 Å². The van der Waals surface area contributed by atoms with E-state index in [0.717, 1.165) is 29.7 Å². The number of hydrogen-bond donors (Lipinski definition) is 1. The maximum Gasteiger partial charge on any atom is 0.243 e. The average molecular weight is 427 g/mol. The lowest BCUT2D eigenvalue weighted by molar-refractivity contribution is -0.140. The third-order valence-corrected chi connectivity index (χ3v) is 5.54. The molecule has 0 saturated carbocycles. The van der Waals surface area contributed by atoms with E-state index in [1.165, 1.54) is 0 Å². The van der Waals surface area contributed by atoms with Crippen LogP contribution in [0.15, 0.2) is 42.5 Å². The van der Waals surface area contributed by atoms with Gasteiger partial charge in [0.2, 0.25) is 11.8 Å². The van der Waals surface area contributed by atoms with Crippen molar-refractivity contribution < 1.29 is 23.8 Å². The molecule has 0 radical (unpaired) electrons. The second-order valence-corrected chi connectivity index (χ2v) is 7.51. The molecule has 1 aliphatic rings. The summed E-state index contributed by atoms with van der Waals surface area (Å²) in [5, 5.41) is 2.99. The van der Waals surface area contributed by atoms with Gasteiger partial charge in [0.05, 0.1) is 21.3 Å². The van der Waals surface area contributed by atoms with Crippen molar-refractivity contribution in [3.63, 3.8) is 0 Å². The minimum Gasteiger partial charge on any atom is -0.497 e. The van der Waals surface area contributed by atoms with Gasteiger partial charge in [-0.2, -0.15) is 0 Å². The molecule has 0 aliphatic carbocycles. The van der Waals surface area contributed by atoms with Gasteiger partial charge in [0.1, 0.15) is 11.8 Å². The van der Waals surface area contributed by atoms with E-state index in [2.05, 4.69) is 5.32 Å². The van der Waals surface area contributed by atoms with E-state index in [1.807, 2.05) is 42.5 Å². The molecule has 2 aromatic carbocycles. The van der Waals surface area contributed by atoms with Gasteiger partial charge in [0.15, 0.2) is 11.5 Å². The SMILES string of the molecule is COc1cccc(CN2C(=O)CCCCC2C(=O)NCc2cccc(OC)c2OC)c1. The van der Waals surface area contributed by atoms with Crippen molar-refractivity contribution in [2.75, 3.05) is 21.3 Å². The number of carbonyl (C=O) groups is 2. The Kier molecular flexibility index (Phi) is 7.76. The predicted octanol–water partition coefficient (Wildman–Crippen LogP) is 3.30. The van der Waals surface area contributed by atoms with Crippen molar-refractivity contribution in [2.45, 2.75) is 44.8 Å². The fraction of sp³-hybridized carbons (Fsp3) is 0.417. The van der Waals surface area contributed by atoms with Gasteiger partial charge in [-0.15, -0.1) is 0 Å². The second-order valence-electron chi connectivity index (χ2n) is 7.51. The number of hydrogen-bond acceptors (Lipinski definition) is 5. The van der Waals surface area contributed by atoms with Gasteiger partial charge in [-0.1, -0.05) is 30.7 Å². The number of ether oxygens (including phenoxy) is 3. The molecule has 1 N–H and O–H groups in total. The topological polar surface area (TPSA) is 77.1 Å². The Hall–Kier alpha value is -3.22. The summed E-state index contributed by atoms with van der Waals surface area (Å²) in [6, 6.07) is 12.6. The van der Waals surface area contributed by atoms with Gasteiger partial charge in [0, 0.05) is 25.1 Å². The summed E-state index contributed by atoms with van der Waals surface area (Å²) in [6.45, 7) is 0.660. The molecular formula is C24H30N2O5. The maximum atomic E-state index is 13.1. The van der Waals surface area contributed by atoms with E-state index in [1.54, 1.807) is 26.2 Å². The number of carbonyl (C=O) groups excluding carboxylic acids is 2. The molecule has 1 unspecified atom stereocenters. The summed E-state index contributed by atoms with van der Waals surface area (Å²) in [5.74, 6) is 1.77. The molecular weight excluding hydrogens is 396 g/mol. The number of likely N-dealkylation sites (tertiary alicyclic amines) is 1. The molecule has 1 atom stereocenters. The van der Waals surface area contributed by atoms with E-state index >= 15 is 0 Å². The summed E-state index contributed by atoms with van der Waals surface area (Å²) in [4.78, 5) is 27.7. The van der Waals surface area contributed by atoms with Crippen molar-refractivity contribution in [3.8, 4) is 17.2 Å². The van der Waals surface area contributed by atoms with Crippen LogP contribution in [-0.2, 0) is 22.7 Å². The van der Waals surface area contributed by atoms with Crippen LogP contribution < -0.4 is 19.5 Å². The van der Waals surface area contributed by atoms with Crippen LogP contribution in [-0.4, -0.2) is 44.1 Å². The molecule has 1 aliphatic heterocycles. The Morgan fingerprint density at radius 3 is 2.61 bits per heavy atom. The highest BCUT2D eigenvalue weighted by atomic mass is 16.5. The highest BCUT2D eigenvalue weighted by molar-refractivity contribution is 5.88. The predicted molar refractivity (Wildman–Crippen MR) is 117 cm³/mol. The van der Waals surface area contributed by atoms with Gasteiger partial charge in [0.25, 0.3) is 0 Å². The number of rotatable bonds is 8. The number of para-hydroxylation sites is 1. The minimum absolute atomic E-state index is 0.000527. The van der Waals surface area contributed by atoms with Gasteiger partial charge >= 0.3 is 0 Å². The lowest BCUT2D eigenvalue weighted by Crippen LogP contribution is -2.48. The monoisotopic (exact) mass is 426 g/mol. The Morgan fingerprint density at radius 1 is 1.06 bits per heavy atom. The quantitative estimate of drug-likeness (QED) is 0.701. The molecule has 7 heteroatoms. The van der Waals surface area contributed by atoms with E-state index < -0.39 is 6.04 Å². The van der Waals surface area contributed by atoms with Crippen molar-refractivity contribution in [1.29, 1.82) is 0 Å². The molecule has 31 heavy (non-hydrogen) atoms. The Balaban J connectivity index is 1.76. The van der Waals surface area contributed by atoms with Crippen LogP contribution >= 0.6 is 0 Å². The first-order valence-electron chi connectivity index (χ1n) is 10.5. The fourth-order valence-corrected chi connectivity index (χ4v) is 3.92. The smallest absolute Gasteiger partial charge is 0.243 e. The maximum absolute atomic E-state index is 13.1. The molecule has 0 bridgehead atoms. The average Bonchev–Trinajstić information content (AvgIpc) is 2.98. The van der Waals surface area contributed by atoms with Crippen LogP contribution in [0.25, 0.3) is 0 Å². The molecule has 3 rings (SSSR count). The molecule has 0 aromatic heterocycles. The summed E-state index contributed by atoms with van der Waals surface area (Å²) in [5.41, 5.74) is 1.75. The van der Waals surface area contributed by atoms with E-state index in [9.17, 15) is 9.59 Å². The van der Waals surface area contributed by atoms with Crippen LogP contribution in [0.4, 0.5) is 0 Å². The molecule has 166 valence electrons. The summed E-state index contributed by atoms with van der Waals surface area (Å²) < 4.78 is 16.1. The summed E-state index contributed by atoms with van der Waals surface area (Å²) >= 11 is 0. The zero-order valence-electron chi connectivity index (χ0n) is 18.3. The van der Waals surface area contributed by atoms with Gasteiger partial charge in [-0.05, 0) is 36.6 Å². The summed E-state index contributed by atoms with van der Waals surface area (Å²) in [6.07, 6.45) is 2.72. The fourth-order valence-electron chi connectivity index (χ4n) is 3.92. The highest BCUT2D eigenvalue weighted by Crippen LogP contribution is 2.30. The van der Waals surface area contributed by atoms with Crippen molar-refractivity contribution in [1.82, 2.24) is 10.2 Å². The second kappa shape index (κ2) is 10.7. The van der Waals surface area contributed by atoms with Crippen molar-refractivity contribution in [2.24, 2.45) is 0 Å². The van der Waals surface area contributed by atoms with Gasteiger partial charge < -0.3 is 24.4 Å². The van der Waals surface area contributed by atoms with Crippen molar-refractivity contribution in [3.05, 3.63) is 53.6 Å². The number of methoxy groups -OCH3 is 3. The highest BCUT2D eigenvalue weighted by Gasteiger charge is 2.31. The number of amides is 2. The Morgan fingerprint density at radius 2 is 1.87 bits per heavy atom. The largest absolute Gasteiger partial charge is 0.497 e. The number of benzene rings is 2. The first-order valence-corrected chi connectivity index (χ1v) is 10.5. The zero-order chi connectivity index (χ0) is 22.2. The molecule has 1 fully saturated rings. The molecule has 2 aromatic rings. The zero-order valence-corrected chi connectivity index (χ0v) is 18.3. The van der Waals surface area contributed by atoms with E-state index in [0.29, 0.717) is 30.9 Å². The molecule has 0 spiro atoms. The summed E-state index contributed by atoms with van der Waals surface area (Å²) in [7, 11) is 4.76. The molecule has 1 heterocycles. The number of nitrogens with one attached hydrogen (secondary N) is 1. The van der Waals surface area contributed by atoms with Crippen LogP contribution in [0.1, 0.15) is 36.8 Å². The van der Waals surface area contributed by atoms with E-state index in [-0.39, 0.29) is 18.4 Å². The third kappa shape index (κ3) is 5.48. The first kappa shape index (κ1) is 22.5. The Bertz CT molecular complexity index is 915. The van der Waals surface area contributed by atoms with E-state index in [4.69, 9.17) is 14.2 Å². The van der Waals surface area contributed by atoms with Gasteiger partial charge in [-0.25, -0.2) is 0 Å². The lowest BCUT2D eigenvalue weighted by Gasteiger charge is -2.29.